The highest BCUT2D eigenvalue weighted by Crippen LogP contribution is 2.60. The maximum absolute atomic E-state index is 13.9. The van der Waals surface area contributed by atoms with Crippen LogP contribution in [0.15, 0.2) is 30.5 Å². The fourth-order valence-corrected chi connectivity index (χ4v) is 5.14. The predicted molar refractivity (Wildman–Crippen MR) is 104 cm³/mol. The van der Waals surface area contributed by atoms with E-state index in [0.29, 0.717) is 29.7 Å². The molecule has 6 rings (SSSR count). The molecule has 2 saturated carbocycles. The van der Waals surface area contributed by atoms with Crippen LogP contribution in [0.25, 0.3) is 5.65 Å². The molecule has 1 amide bonds. The number of amides is 1. The first kappa shape index (κ1) is 19.0. The summed E-state index contributed by atoms with van der Waals surface area (Å²) in [6, 6.07) is 7.05. The van der Waals surface area contributed by atoms with Gasteiger partial charge in [-0.15, -0.1) is 0 Å². The summed E-state index contributed by atoms with van der Waals surface area (Å²) in [5.74, 6) is -1.07. The number of alkyl halides is 3. The zero-order valence-corrected chi connectivity index (χ0v) is 16.7. The second-order valence-electron chi connectivity index (χ2n) is 8.55. The Labute approximate surface area is 178 Å². The molecule has 10 heteroatoms. The molecule has 3 aromatic rings. The van der Waals surface area contributed by atoms with E-state index in [2.05, 4.69) is 10.1 Å². The third kappa shape index (κ3) is 2.78. The molecule has 1 aromatic carbocycles. The van der Waals surface area contributed by atoms with Crippen LogP contribution in [0.5, 0.6) is 0 Å². The number of imidazole rings is 1. The zero-order valence-electron chi connectivity index (χ0n) is 16.0. The number of fused-ring (bicyclic) bond motifs is 3. The minimum absolute atomic E-state index is 0.00842. The van der Waals surface area contributed by atoms with E-state index in [1.54, 1.807) is 18.2 Å². The van der Waals surface area contributed by atoms with E-state index >= 15 is 0 Å². The average molecular weight is 451 g/mol. The van der Waals surface area contributed by atoms with E-state index in [1.165, 1.54) is 0 Å². The van der Waals surface area contributed by atoms with Gasteiger partial charge in [-0.25, -0.2) is 4.98 Å². The summed E-state index contributed by atoms with van der Waals surface area (Å²) in [6.07, 6.45) is -1.52. The number of carbonyl (C=O) groups excluding carboxylic acids is 1. The van der Waals surface area contributed by atoms with Crippen LogP contribution in [0, 0.1) is 5.95 Å². The molecular weight excluding hydrogens is 436 g/mol. The van der Waals surface area contributed by atoms with E-state index < -0.39 is 30.0 Å². The lowest BCUT2D eigenvalue weighted by molar-refractivity contribution is -0.132. The number of anilines is 1. The van der Waals surface area contributed by atoms with E-state index in [9.17, 15) is 22.4 Å². The van der Waals surface area contributed by atoms with Gasteiger partial charge in [0.05, 0.1) is 11.6 Å². The smallest absolute Gasteiger partial charge is 0.302 e. The third-order valence-electron chi connectivity index (χ3n) is 6.61. The molecule has 3 aliphatic rings. The summed E-state index contributed by atoms with van der Waals surface area (Å²) in [4.78, 5) is 17.7. The van der Waals surface area contributed by atoms with Gasteiger partial charge in [-0.3, -0.25) is 4.79 Å². The highest BCUT2D eigenvalue weighted by Gasteiger charge is 2.60. The monoisotopic (exact) mass is 450 g/mol. The standard InChI is InChI=1S/C21H15ClF4N4O/c22-16-7-13(18-27-8-17(23)30(18)28-16)12-6-11(12)10-1-2-14-15(5-10)29(9-21(24,25)26)19(31)20(14)3-4-20/h1-2,5,7-8,11-12H,3-4,6,9H2/t11-,12+/m1/s1. The first-order valence-corrected chi connectivity index (χ1v) is 10.3. The fraction of sp³-hybridized carbons (Fsp3) is 0.381. The first-order valence-electron chi connectivity index (χ1n) is 9.91. The fourth-order valence-electron chi connectivity index (χ4n) is 4.95. The minimum atomic E-state index is -4.48. The molecule has 0 N–H and O–H groups in total. The maximum atomic E-state index is 13.9. The molecule has 2 fully saturated rings. The molecule has 3 heterocycles. The zero-order chi connectivity index (χ0) is 21.7. The number of hydrogen-bond donors (Lipinski definition) is 0. The number of halogens is 5. The van der Waals surface area contributed by atoms with Gasteiger partial charge in [0.2, 0.25) is 11.9 Å². The molecule has 31 heavy (non-hydrogen) atoms. The van der Waals surface area contributed by atoms with Gasteiger partial charge in [-0.05, 0) is 54.4 Å². The van der Waals surface area contributed by atoms with Gasteiger partial charge in [0, 0.05) is 11.3 Å². The van der Waals surface area contributed by atoms with Crippen molar-refractivity contribution in [1.29, 1.82) is 0 Å². The van der Waals surface area contributed by atoms with Crippen molar-refractivity contribution in [2.75, 3.05) is 11.4 Å². The molecule has 2 atom stereocenters. The Balaban J connectivity index is 1.37. The minimum Gasteiger partial charge on any atom is -0.302 e. The van der Waals surface area contributed by atoms with Gasteiger partial charge in [-0.2, -0.15) is 27.2 Å². The molecule has 1 aliphatic heterocycles. The Hall–Kier alpha value is -2.68. The van der Waals surface area contributed by atoms with Crippen LogP contribution in [0.4, 0.5) is 23.2 Å². The normalized spacial score (nSPS) is 23.6. The first-order chi connectivity index (χ1) is 14.7. The van der Waals surface area contributed by atoms with E-state index in [0.717, 1.165) is 33.2 Å². The maximum Gasteiger partial charge on any atom is 0.406 e. The number of carbonyl (C=O) groups is 1. The van der Waals surface area contributed by atoms with Crippen molar-refractivity contribution in [2.45, 2.75) is 42.7 Å². The molecule has 0 radical (unpaired) electrons. The van der Waals surface area contributed by atoms with Gasteiger partial charge < -0.3 is 4.90 Å². The lowest BCUT2D eigenvalue weighted by Gasteiger charge is -2.20. The molecule has 160 valence electrons. The van der Waals surface area contributed by atoms with Gasteiger partial charge >= 0.3 is 6.18 Å². The molecule has 2 aliphatic carbocycles. The number of aromatic nitrogens is 3. The summed E-state index contributed by atoms with van der Waals surface area (Å²) >= 11 is 6.05. The van der Waals surface area contributed by atoms with Crippen LogP contribution >= 0.6 is 11.6 Å². The van der Waals surface area contributed by atoms with Crippen molar-refractivity contribution in [3.63, 3.8) is 0 Å². The summed E-state index contributed by atoms with van der Waals surface area (Å²) in [6.45, 7) is -1.29. The average Bonchev–Trinajstić information content (AvgIpc) is 3.61. The third-order valence-corrected chi connectivity index (χ3v) is 6.80. The summed E-state index contributed by atoms with van der Waals surface area (Å²) < 4.78 is 54.4. The topological polar surface area (TPSA) is 50.5 Å². The Kier molecular flexibility index (Phi) is 3.66. The van der Waals surface area contributed by atoms with Crippen molar-refractivity contribution >= 4 is 28.8 Å². The Morgan fingerprint density at radius 1 is 1.19 bits per heavy atom. The summed E-state index contributed by atoms with van der Waals surface area (Å²) in [7, 11) is 0. The van der Waals surface area contributed by atoms with Crippen LogP contribution in [-0.4, -0.2) is 33.2 Å². The SMILES string of the molecule is O=C1N(CC(F)(F)F)c2cc([C@H]3C[C@@H]3c3cc(Cl)nn4c(F)cnc34)ccc2C12CC2. The highest BCUT2D eigenvalue weighted by atomic mass is 35.5. The van der Waals surface area contributed by atoms with Crippen LogP contribution in [0.1, 0.15) is 47.8 Å². The number of rotatable bonds is 3. The molecule has 5 nitrogen and oxygen atoms in total. The van der Waals surface area contributed by atoms with Crippen LogP contribution in [0.2, 0.25) is 5.15 Å². The molecule has 0 saturated heterocycles. The van der Waals surface area contributed by atoms with Gasteiger partial charge in [0.15, 0.2) is 10.8 Å². The van der Waals surface area contributed by atoms with Crippen LogP contribution in [-0.2, 0) is 10.2 Å². The lowest BCUT2D eigenvalue weighted by atomic mass is 9.95. The highest BCUT2D eigenvalue weighted by molar-refractivity contribution is 6.29. The van der Waals surface area contributed by atoms with Crippen molar-refractivity contribution in [2.24, 2.45) is 0 Å². The van der Waals surface area contributed by atoms with Crippen molar-refractivity contribution in [1.82, 2.24) is 14.6 Å². The van der Waals surface area contributed by atoms with Crippen LogP contribution < -0.4 is 4.90 Å². The van der Waals surface area contributed by atoms with Crippen molar-refractivity contribution < 1.29 is 22.4 Å². The number of hydrogen-bond acceptors (Lipinski definition) is 3. The second kappa shape index (κ2) is 5.97. The van der Waals surface area contributed by atoms with Crippen molar-refractivity contribution in [3.05, 3.63) is 58.3 Å². The molecule has 1 spiro atoms. The van der Waals surface area contributed by atoms with E-state index in [4.69, 9.17) is 11.6 Å². The molecule has 0 bridgehead atoms. The number of benzene rings is 1. The Morgan fingerprint density at radius 3 is 2.68 bits per heavy atom. The summed E-state index contributed by atoms with van der Waals surface area (Å²) in [5.41, 5.74) is 2.23. The van der Waals surface area contributed by atoms with Crippen LogP contribution in [0.3, 0.4) is 0 Å². The lowest BCUT2D eigenvalue weighted by Crippen LogP contribution is -2.39. The molecular formula is C21H15ClF4N4O. The van der Waals surface area contributed by atoms with Crippen molar-refractivity contribution in [3.8, 4) is 0 Å². The van der Waals surface area contributed by atoms with Gasteiger partial charge in [0.25, 0.3) is 0 Å². The second-order valence-corrected chi connectivity index (χ2v) is 8.94. The predicted octanol–water partition coefficient (Wildman–Crippen LogP) is 4.73. The van der Waals surface area contributed by atoms with E-state index in [-0.39, 0.29) is 17.0 Å². The molecule has 0 unspecified atom stereocenters. The van der Waals surface area contributed by atoms with Gasteiger partial charge in [0.1, 0.15) is 6.54 Å². The quantitative estimate of drug-likeness (QED) is 0.542. The summed E-state index contributed by atoms with van der Waals surface area (Å²) in [5, 5.41) is 4.06. The number of nitrogens with zero attached hydrogens (tertiary/aromatic N) is 4. The van der Waals surface area contributed by atoms with E-state index in [1.807, 2.05) is 6.07 Å². The largest absolute Gasteiger partial charge is 0.406 e. The Morgan fingerprint density at radius 2 is 1.97 bits per heavy atom. The van der Waals surface area contributed by atoms with Gasteiger partial charge in [-0.1, -0.05) is 23.7 Å². The Bertz CT molecular complexity index is 1270. The molecule has 2 aromatic heterocycles.